The molecule has 0 saturated carbocycles. The lowest BCUT2D eigenvalue weighted by Crippen LogP contribution is -2.53. The van der Waals surface area contributed by atoms with Gasteiger partial charge in [0.2, 0.25) is 5.91 Å². The molecule has 7 heteroatoms. The SMILES string of the molecule is CCC(C)(C1=CCC(c2cc(F)c(F)cc2F)C(N)C1)N1CCC(C(N)=O)CC1. The van der Waals surface area contributed by atoms with Crippen molar-refractivity contribution in [2.24, 2.45) is 17.4 Å². The number of carbonyl (C=O) groups is 1. The molecule has 3 unspecified atom stereocenters. The van der Waals surface area contributed by atoms with Gasteiger partial charge >= 0.3 is 0 Å². The van der Waals surface area contributed by atoms with Crippen LogP contribution in [0.3, 0.4) is 0 Å². The van der Waals surface area contributed by atoms with Gasteiger partial charge in [-0.3, -0.25) is 9.69 Å². The Bertz CT molecular complexity index is 805. The Balaban J connectivity index is 1.80. The van der Waals surface area contributed by atoms with Crippen molar-refractivity contribution in [3.8, 4) is 0 Å². The molecule has 4 N–H and O–H groups in total. The van der Waals surface area contributed by atoms with E-state index in [1.165, 1.54) is 5.57 Å². The molecule has 1 aromatic rings. The lowest BCUT2D eigenvalue weighted by molar-refractivity contribution is -0.123. The highest BCUT2D eigenvalue weighted by atomic mass is 19.2. The second-order valence-electron chi connectivity index (χ2n) is 8.52. The number of primary amides is 1. The van der Waals surface area contributed by atoms with Gasteiger partial charge in [0.25, 0.3) is 0 Å². The summed E-state index contributed by atoms with van der Waals surface area (Å²) < 4.78 is 41.2. The van der Waals surface area contributed by atoms with Gasteiger partial charge in [-0.15, -0.1) is 0 Å². The Kier molecular flexibility index (Phi) is 6.39. The summed E-state index contributed by atoms with van der Waals surface area (Å²) >= 11 is 0. The highest BCUT2D eigenvalue weighted by Gasteiger charge is 2.40. The summed E-state index contributed by atoms with van der Waals surface area (Å²) in [6, 6.07) is 1.14. The second kappa shape index (κ2) is 8.48. The molecule has 0 spiro atoms. The predicted octanol–water partition coefficient (Wildman–Crippen LogP) is 3.60. The third kappa shape index (κ3) is 4.21. The van der Waals surface area contributed by atoms with E-state index < -0.39 is 23.4 Å². The van der Waals surface area contributed by atoms with Crippen molar-refractivity contribution >= 4 is 5.91 Å². The first-order chi connectivity index (χ1) is 13.7. The molecular formula is C22H30F3N3O. The molecule has 3 rings (SSSR count). The molecule has 1 aromatic carbocycles. The molecule has 4 nitrogen and oxygen atoms in total. The summed E-state index contributed by atoms with van der Waals surface area (Å²) in [6.07, 6.45) is 5.48. The minimum Gasteiger partial charge on any atom is -0.369 e. The van der Waals surface area contributed by atoms with Crippen LogP contribution in [0.2, 0.25) is 0 Å². The van der Waals surface area contributed by atoms with Gasteiger partial charge in [-0.25, -0.2) is 13.2 Å². The number of likely N-dealkylation sites (tertiary alicyclic amines) is 1. The fraction of sp³-hybridized carbons (Fsp3) is 0.591. The van der Waals surface area contributed by atoms with Crippen LogP contribution in [0.5, 0.6) is 0 Å². The van der Waals surface area contributed by atoms with Crippen LogP contribution in [0.15, 0.2) is 23.8 Å². The maximum absolute atomic E-state index is 14.2. The lowest BCUT2D eigenvalue weighted by atomic mass is 9.73. The number of rotatable bonds is 5. The van der Waals surface area contributed by atoms with E-state index in [9.17, 15) is 18.0 Å². The average Bonchev–Trinajstić information content (AvgIpc) is 2.70. The maximum Gasteiger partial charge on any atom is 0.220 e. The second-order valence-corrected chi connectivity index (χ2v) is 8.52. The van der Waals surface area contributed by atoms with Gasteiger partial charge in [-0.1, -0.05) is 18.6 Å². The molecule has 3 atom stereocenters. The number of hydrogen-bond acceptors (Lipinski definition) is 3. The minimum atomic E-state index is -1.19. The summed E-state index contributed by atoms with van der Waals surface area (Å²) in [6.45, 7) is 5.86. The van der Waals surface area contributed by atoms with E-state index in [1.54, 1.807) is 0 Å². The molecule has 0 bridgehead atoms. The summed E-state index contributed by atoms with van der Waals surface area (Å²) in [5.41, 5.74) is 13.0. The molecule has 1 heterocycles. The number of carbonyl (C=O) groups excluding carboxylic acids is 1. The van der Waals surface area contributed by atoms with Gasteiger partial charge < -0.3 is 11.5 Å². The van der Waals surface area contributed by atoms with E-state index in [0.717, 1.165) is 38.4 Å². The highest BCUT2D eigenvalue weighted by Crippen LogP contribution is 2.41. The topological polar surface area (TPSA) is 72.3 Å². The van der Waals surface area contributed by atoms with Crippen molar-refractivity contribution in [1.82, 2.24) is 4.90 Å². The standard InChI is InChI=1S/C22H30F3N3O/c1-3-22(2,28-8-6-13(7-9-28)21(27)29)14-4-5-15(20(26)10-14)16-11-18(24)19(25)12-17(16)23/h4,11-13,15,20H,3,5-10,26H2,1-2H3,(H2,27,29). The van der Waals surface area contributed by atoms with Crippen LogP contribution in [0.4, 0.5) is 13.2 Å². The van der Waals surface area contributed by atoms with Gasteiger partial charge in [-0.2, -0.15) is 0 Å². The smallest absolute Gasteiger partial charge is 0.220 e. The van der Waals surface area contributed by atoms with E-state index in [-0.39, 0.29) is 29.0 Å². The normalized spacial score (nSPS) is 26.1. The largest absolute Gasteiger partial charge is 0.369 e. The van der Waals surface area contributed by atoms with Gasteiger partial charge in [-0.05, 0) is 63.7 Å². The summed E-state index contributed by atoms with van der Waals surface area (Å²) in [7, 11) is 0. The first-order valence-corrected chi connectivity index (χ1v) is 10.3. The number of amides is 1. The van der Waals surface area contributed by atoms with Crippen molar-refractivity contribution < 1.29 is 18.0 Å². The number of allylic oxidation sites excluding steroid dienone is 1. The minimum absolute atomic E-state index is 0.0734. The Hall–Kier alpha value is -1.86. The van der Waals surface area contributed by atoms with Gasteiger partial charge in [0.05, 0.1) is 0 Å². The number of nitrogens with zero attached hydrogens (tertiary/aromatic N) is 1. The summed E-state index contributed by atoms with van der Waals surface area (Å²) in [5, 5.41) is 0. The van der Waals surface area contributed by atoms with Crippen LogP contribution in [0.25, 0.3) is 0 Å². The van der Waals surface area contributed by atoms with Crippen LogP contribution in [-0.4, -0.2) is 35.5 Å². The number of piperidine rings is 1. The van der Waals surface area contributed by atoms with Crippen molar-refractivity contribution in [3.05, 3.63) is 46.8 Å². The number of benzene rings is 1. The van der Waals surface area contributed by atoms with E-state index >= 15 is 0 Å². The molecule has 2 aliphatic rings. The monoisotopic (exact) mass is 409 g/mol. The highest BCUT2D eigenvalue weighted by molar-refractivity contribution is 5.76. The van der Waals surface area contributed by atoms with Crippen molar-refractivity contribution in [1.29, 1.82) is 0 Å². The zero-order chi connectivity index (χ0) is 21.3. The first kappa shape index (κ1) is 21.8. The third-order valence-electron chi connectivity index (χ3n) is 7.01. The van der Waals surface area contributed by atoms with E-state index in [0.29, 0.717) is 18.9 Å². The van der Waals surface area contributed by atoms with Crippen molar-refractivity contribution in [3.63, 3.8) is 0 Å². The molecule has 1 saturated heterocycles. The van der Waals surface area contributed by atoms with Crippen LogP contribution in [0, 0.1) is 23.4 Å². The average molecular weight is 409 g/mol. The fourth-order valence-corrected chi connectivity index (χ4v) is 4.85. The molecule has 0 radical (unpaired) electrons. The lowest BCUT2D eigenvalue weighted by Gasteiger charge is -2.48. The molecular weight excluding hydrogens is 379 g/mol. The molecule has 1 amide bonds. The predicted molar refractivity (Wildman–Crippen MR) is 107 cm³/mol. The Morgan fingerprint density at radius 1 is 1.17 bits per heavy atom. The van der Waals surface area contributed by atoms with E-state index in [4.69, 9.17) is 11.5 Å². The van der Waals surface area contributed by atoms with Crippen molar-refractivity contribution in [2.75, 3.05) is 13.1 Å². The van der Waals surface area contributed by atoms with Crippen LogP contribution >= 0.6 is 0 Å². The number of hydrogen-bond donors (Lipinski definition) is 2. The maximum atomic E-state index is 14.2. The Morgan fingerprint density at radius 3 is 2.34 bits per heavy atom. The zero-order valence-corrected chi connectivity index (χ0v) is 17.1. The van der Waals surface area contributed by atoms with Gasteiger partial charge in [0.15, 0.2) is 11.6 Å². The quantitative estimate of drug-likeness (QED) is 0.577. The van der Waals surface area contributed by atoms with Crippen LogP contribution < -0.4 is 11.5 Å². The molecule has 0 aromatic heterocycles. The van der Waals surface area contributed by atoms with E-state index in [1.807, 2.05) is 0 Å². The summed E-state index contributed by atoms with van der Waals surface area (Å²) in [5.74, 6) is -3.71. The number of halogens is 3. The third-order valence-corrected chi connectivity index (χ3v) is 7.01. The zero-order valence-electron chi connectivity index (χ0n) is 17.1. The number of nitrogens with two attached hydrogens (primary N) is 2. The fourth-order valence-electron chi connectivity index (χ4n) is 4.85. The summed E-state index contributed by atoms with van der Waals surface area (Å²) in [4.78, 5) is 13.8. The van der Waals surface area contributed by atoms with Gasteiger partial charge in [0, 0.05) is 29.5 Å². The Labute approximate surface area is 170 Å². The Morgan fingerprint density at radius 2 is 1.79 bits per heavy atom. The molecule has 1 aliphatic carbocycles. The first-order valence-electron chi connectivity index (χ1n) is 10.3. The van der Waals surface area contributed by atoms with Crippen LogP contribution in [0.1, 0.15) is 57.4 Å². The van der Waals surface area contributed by atoms with Crippen molar-refractivity contribution in [2.45, 2.75) is 63.5 Å². The molecule has 160 valence electrons. The van der Waals surface area contributed by atoms with E-state index in [2.05, 4.69) is 24.8 Å². The molecule has 1 aliphatic heterocycles. The van der Waals surface area contributed by atoms with Crippen LogP contribution in [-0.2, 0) is 4.79 Å². The molecule has 1 fully saturated rings. The van der Waals surface area contributed by atoms with Gasteiger partial charge in [0.1, 0.15) is 5.82 Å². The molecule has 29 heavy (non-hydrogen) atoms.